The zero-order valence-corrected chi connectivity index (χ0v) is 17.3. The molecule has 7 N–H and O–H groups in total. The van der Waals surface area contributed by atoms with Gasteiger partial charge in [0.25, 0.3) is 0 Å². The van der Waals surface area contributed by atoms with Crippen LogP contribution in [0.2, 0.25) is 0 Å². The lowest BCUT2D eigenvalue weighted by atomic mass is 9.99. The molecule has 0 unspecified atom stereocenters. The molecular weight excluding hydrogens is 424 g/mol. The van der Waals surface area contributed by atoms with E-state index in [0.717, 1.165) is 0 Å². The second-order valence-electron chi connectivity index (χ2n) is 7.97. The molecule has 2 aliphatic rings. The lowest BCUT2D eigenvalue weighted by molar-refractivity contribution is -0.384. The molecule has 0 aromatic carbocycles. The molecule has 2 aliphatic heterocycles. The van der Waals surface area contributed by atoms with Gasteiger partial charge < -0.3 is 59.4 Å². The van der Waals surface area contributed by atoms with E-state index in [4.69, 9.17) is 23.7 Å². The normalized spacial score (nSPS) is 41.0. The van der Waals surface area contributed by atoms with Gasteiger partial charge in [0.15, 0.2) is 6.29 Å². The van der Waals surface area contributed by atoms with Gasteiger partial charge in [-0.25, -0.2) is 4.79 Å². The zero-order valence-electron chi connectivity index (χ0n) is 17.3. The minimum atomic E-state index is -2.27. The van der Waals surface area contributed by atoms with Crippen molar-refractivity contribution < 1.29 is 64.2 Å². The standard InChI is InChI=1S/C18H32O13/c1-8(2)4-28-11(21)6-27-5-10-12(22)14(24)15(25)17(29-10)31-18(7-20)16(26)13(23)9(3-19)30-18/h8-10,12-17,19-20,22-26H,3-7H2,1-2H3/t9-,10-,12-,13-,14+,15-,16+,17-,18+/m1/s1. The Kier molecular flexibility index (Phi) is 9.54. The quantitative estimate of drug-likeness (QED) is 0.156. The van der Waals surface area contributed by atoms with Crippen molar-refractivity contribution in [2.75, 3.05) is 33.0 Å². The number of carbonyl (C=O) groups is 1. The fourth-order valence-electron chi connectivity index (χ4n) is 3.18. The lowest BCUT2D eigenvalue weighted by Gasteiger charge is -2.43. The summed E-state index contributed by atoms with van der Waals surface area (Å²) in [5.41, 5.74) is 0. The molecule has 2 fully saturated rings. The van der Waals surface area contributed by atoms with Crippen molar-refractivity contribution >= 4 is 5.97 Å². The molecule has 13 nitrogen and oxygen atoms in total. The fraction of sp³-hybridized carbons (Fsp3) is 0.944. The van der Waals surface area contributed by atoms with Crippen LogP contribution in [0, 0.1) is 5.92 Å². The first-order valence-corrected chi connectivity index (χ1v) is 9.92. The molecule has 0 aromatic rings. The molecule has 0 radical (unpaired) electrons. The van der Waals surface area contributed by atoms with Crippen molar-refractivity contribution in [3.8, 4) is 0 Å². The van der Waals surface area contributed by atoms with E-state index in [1.165, 1.54) is 0 Å². The third-order valence-electron chi connectivity index (χ3n) is 4.97. The van der Waals surface area contributed by atoms with Gasteiger partial charge in [-0.2, -0.15) is 0 Å². The van der Waals surface area contributed by atoms with Crippen LogP contribution in [0.15, 0.2) is 0 Å². The van der Waals surface area contributed by atoms with Crippen LogP contribution in [0.5, 0.6) is 0 Å². The Morgan fingerprint density at radius 3 is 2.23 bits per heavy atom. The summed E-state index contributed by atoms with van der Waals surface area (Å²) in [6, 6.07) is 0. The minimum Gasteiger partial charge on any atom is -0.464 e. The number of carbonyl (C=O) groups excluding carboxylic acids is 1. The van der Waals surface area contributed by atoms with E-state index >= 15 is 0 Å². The van der Waals surface area contributed by atoms with Crippen LogP contribution in [0.1, 0.15) is 13.8 Å². The molecular formula is C18H32O13. The van der Waals surface area contributed by atoms with Gasteiger partial charge in [-0.05, 0) is 5.92 Å². The molecule has 9 atom stereocenters. The second kappa shape index (κ2) is 11.2. The predicted octanol–water partition coefficient (Wildman–Crippen LogP) is -4.17. The van der Waals surface area contributed by atoms with Crippen molar-refractivity contribution in [1.29, 1.82) is 0 Å². The summed E-state index contributed by atoms with van der Waals surface area (Å²) in [4.78, 5) is 11.6. The van der Waals surface area contributed by atoms with Gasteiger partial charge in [-0.3, -0.25) is 0 Å². The zero-order chi connectivity index (χ0) is 23.3. The monoisotopic (exact) mass is 456 g/mol. The third-order valence-corrected chi connectivity index (χ3v) is 4.97. The molecule has 31 heavy (non-hydrogen) atoms. The van der Waals surface area contributed by atoms with Crippen LogP contribution in [-0.4, -0.2) is 130 Å². The summed E-state index contributed by atoms with van der Waals surface area (Å²) in [5, 5.41) is 69.5. The Balaban J connectivity index is 2.00. The highest BCUT2D eigenvalue weighted by Gasteiger charge is 2.58. The molecule has 2 rings (SSSR count). The Bertz CT molecular complexity index is 575. The molecule has 0 bridgehead atoms. The summed E-state index contributed by atoms with van der Waals surface area (Å²) in [5.74, 6) is -2.77. The SMILES string of the molecule is CC(C)COC(=O)COC[C@H]1O[C@H](O[C@]2(CO)O[C@H](CO)[C@@H](O)[C@@H]2O)[C@H](O)[C@@H](O)[C@@H]1O. The first kappa shape index (κ1) is 26.3. The number of ether oxygens (including phenoxy) is 5. The van der Waals surface area contributed by atoms with Crippen LogP contribution in [0.4, 0.5) is 0 Å². The smallest absolute Gasteiger partial charge is 0.332 e. The first-order chi connectivity index (χ1) is 14.6. The number of aliphatic hydroxyl groups excluding tert-OH is 7. The first-order valence-electron chi connectivity index (χ1n) is 9.92. The minimum absolute atomic E-state index is 0.137. The Hall–Kier alpha value is -0.970. The van der Waals surface area contributed by atoms with Crippen molar-refractivity contribution in [2.45, 2.75) is 68.7 Å². The second-order valence-corrected chi connectivity index (χ2v) is 7.97. The fourth-order valence-corrected chi connectivity index (χ4v) is 3.18. The summed E-state index contributed by atoms with van der Waals surface area (Å²) < 4.78 is 26.1. The van der Waals surface area contributed by atoms with Crippen LogP contribution in [0.3, 0.4) is 0 Å². The van der Waals surface area contributed by atoms with Gasteiger partial charge in [-0.15, -0.1) is 0 Å². The highest BCUT2D eigenvalue weighted by molar-refractivity contribution is 5.70. The highest BCUT2D eigenvalue weighted by Crippen LogP contribution is 2.35. The van der Waals surface area contributed by atoms with Gasteiger partial charge >= 0.3 is 5.97 Å². The molecule has 2 saturated heterocycles. The average Bonchev–Trinajstić information content (AvgIpc) is 2.98. The maximum atomic E-state index is 11.6. The van der Waals surface area contributed by atoms with Crippen molar-refractivity contribution in [3.05, 3.63) is 0 Å². The number of hydrogen-bond acceptors (Lipinski definition) is 13. The molecule has 182 valence electrons. The largest absolute Gasteiger partial charge is 0.464 e. The Morgan fingerprint density at radius 1 is 1.00 bits per heavy atom. The van der Waals surface area contributed by atoms with Crippen molar-refractivity contribution in [2.24, 2.45) is 5.92 Å². The van der Waals surface area contributed by atoms with E-state index in [9.17, 15) is 40.5 Å². The number of rotatable bonds is 10. The molecule has 0 aliphatic carbocycles. The third kappa shape index (κ3) is 6.09. The number of hydrogen-bond donors (Lipinski definition) is 7. The van der Waals surface area contributed by atoms with Crippen LogP contribution < -0.4 is 0 Å². The molecule has 0 saturated carbocycles. The van der Waals surface area contributed by atoms with E-state index in [0.29, 0.717) is 0 Å². The van der Waals surface area contributed by atoms with Crippen LogP contribution in [-0.2, 0) is 28.5 Å². The van der Waals surface area contributed by atoms with Crippen molar-refractivity contribution in [1.82, 2.24) is 0 Å². The molecule has 13 heteroatoms. The van der Waals surface area contributed by atoms with Gasteiger partial charge in [0.05, 0.1) is 19.8 Å². The molecule has 0 spiro atoms. The number of esters is 1. The summed E-state index contributed by atoms with van der Waals surface area (Å²) >= 11 is 0. The number of aliphatic hydroxyl groups is 7. The van der Waals surface area contributed by atoms with Crippen LogP contribution >= 0.6 is 0 Å². The highest BCUT2D eigenvalue weighted by atomic mass is 16.8. The van der Waals surface area contributed by atoms with Gasteiger partial charge in [0.1, 0.15) is 55.9 Å². The van der Waals surface area contributed by atoms with Crippen molar-refractivity contribution in [3.63, 3.8) is 0 Å². The lowest BCUT2D eigenvalue weighted by Crippen LogP contribution is -2.62. The summed E-state index contributed by atoms with van der Waals surface area (Å²) in [6.07, 6.45) is -12.9. The van der Waals surface area contributed by atoms with Crippen LogP contribution in [0.25, 0.3) is 0 Å². The Morgan fingerprint density at radius 2 is 1.68 bits per heavy atom. The van der Waals surface area contributed by atoms with E-state index < -0.39 is 80.6 Å². The molecule has 0 aromatic heterocycles. The average molecular weight is 456 g/mol. The predicted molar refractivity (Wildman–Crippen MR) is 98.2 cm³/mol. The van der Waals surface area contributed by atoms with Gasteiger partial charge in [0, 0.05) is 0 Å². The van der Waals surface area contributed by atoms with Gasteiger partial charge in [-0.1, -0.05) is 13.8 Å². The van der Waals surface area contributed by atoms with E-state index in [1.807, 2.05) is 13.8 Å². The van der Waals surface area contributed by atoms with E-state index in [2.05, 4.69) is 0 Å². The maximum Gasteiger partial charge on any atom is 0.332 e. The van der Waals surface area contributed by atoms with Gasteiger partial charge in [0.2, 0.25) is 5.79 Å². The van der Waals surface area contributed by atoms with E-state index in [1.54, 1.807) is 0 Å². The topological polar surface area (TPSA) is 205 Å². The van der Waals surface area contributed by atoms with E-state index in [-0.39, 0.29) is 19.1 Å². The molecule has 0 amide bonds. The summed E-state index contributed by atoms with van der Waals surface area (Å²) in [7, 11) is 0. The molecule has 2 heterocycles. The maximum absolute atomic E-state index is 11.6. The Labute approximate surface area is 178 Å². The summed E-state index contributed by atoms with van der Waals surface area (Å²) in [6.45, 7) is 1.41.